The van der Waals surface area contributed by atoms with Crippen LogP contribution in [0.15, 0.2) is 58.1 Å². The second-order valence-corrected chi connectivity index (χ2v) is 10.6. The largest absolute Gasteiger partial charge is 0.506 e. The van der Waals surface area contributed by atoms with Crippen molar-refractivity contribution in [1.29, 1.82) is 0 Å². The zero-order valence-electron chi connectivity index (χ0n) is 25.9. The van der Waals surface area contributed by atoms with Gasteiger partial charge in [-0.3, -0.25) is 9.59 Å². The van der Waals surface area contributed by atoms with Crippen LogP contribution in [-0.4, -0.2) is 65.4 Å². The predicted molar refractivity (Wildman–Crippen MR) is 173 cm³/mol. The summed E-state index contributed by atoms with van der Waals surface area (Å²) < 4.78 is 0. The molecular weight excluding hydrogens is 564 g/mol. The molecule has 0 unspecified atom stereocenters. The van der Waals surface area contributed by atoms with Gasteiger partial charge in [-0.15, -0.1) is 0 Å². The minimum absolute atomic E-state index is 0.219. The number of benzene rings is 2. The Morgan fingerprint density at radius 2 is 1.41 bits per heavy atom. The number of hydrogen-bond donors (Lipinski definition) is 5. The summed E-state index contributed by atoms with van der Waals surface area (Å²) in [4.78, 5) is 55.5. The molecule has 5 N–H and O–H groups in total. The fourth-order valence-electron chi connectivity index (χ4n) is 4.93. The Bertz CT molecular complexity index is 1820. The maximum atomic E-state index is 12.0. The van der Waals surface area contributed by atoms with E-state index in [4.69, 9.17) is 10.2 Å². The van der Waals surface area contributed by atoms with E-state index in [2.05, 4.69) is 9.97 Å². The van der Waals surface area contributed by atoms with Crippen LogP contribution in [0.25, 0.3) is 22.5 Å². The molecule has 0 fully saturated rings. The van der Waals surface area contributed by atoms with Gasteiger partial charge in [0, 0.05) is 56.3 Å². The van der Waals surface area contributed by atoms with Gasteiger partial charge in [0.05, 0.1) is 11.4 Å². The Morgan fingerprint density at radius 3 is 1.93 bits per heavy atom. The minimum Gasteiger partial charge on any atom is -0.506 e. The molecule has 0 bridgehead atoms. The first-order valence-electron chi connectivity index (χ1n) is 14.0. The van der Waals surface area contributed by atoms with Gasteiger partial charge >= 0.3 is 11.9 Å². The number of aryl methyl sites for hydroxylation is 2. The SMILES string of the molecule is CCc1c(-c2ccccc2N(C)C)[nH]c(=O)c(C(=O)O)c1O.CCc1cc(C(=O)O)c(=O)[nH]c1-c1ccc(N(C)C)cc1C. The number of aromatic carboxylic acids is 2. The lowest BCUT2D eigenvalue weighted by Gasteiger charge is -2.19. The number of carboxylic acids is 2. The fraction of sp³-hybridized carbons (Fsp3) is 0.273. The highest BCUT2D eigenvalue weighted by Gasteiger charge is 2.23. The lowest BCUT2D eigenvalue weighted by atomic mass is 9.98. The van der Waals surface area contributed by atoms with E-state index in [1.165, 1.54) is 6.07 Å². The number of aromatic nitrogens is 2. The van der Waals surface area contributed by atoms with Gasteiger partial charge in [-0.1, -0.05) is 38.1 Å². The Labute approximate surface area is 255 Å². The van der Waals surface area contributed by atoms with Crippen molar-refractivity contribution in [2.24, 2.45) is 0 Å². The smallest absolute Gasteiger partial charge is 0.345 e. The molecule has 2 aromatic carbocycles. The summed E-state index contributed by atoms with van der Waals surface area (Å²) in [7, 11) is 7.67. The molecule has 2 heterocycles. The third kappa shape index (κ3) is 6.83. The molecule has 4 rings (SSSR count). The number of nitrogens with one attached hydrogen (secondary N) is 2. The number of H-pyrrole nitrogens is 2. The van der Waals surface area contributed by atoms with E-state index in [0.717, 1.165) is 33.6 Å². The number of para-hydroxylation sites is 1. The van der Waals surface area contributed by atoms with Crippen LogP contribution in [0.1, 0.15) is 51.3 Å². The van der Waals surface area contributed by atoms with Crippen molar-refractivity contribution in [2.45, 2.75) is 33.6 Å². The van der Waals surface area contributed by atoms with Crippen LogP contribution in [0, 0.1) is 6.92 Å². The van der Waals surface area contributed by atoms with Crippen molar-refractivity contribution < 1.29 is 24.9 Å². The van der Waals surface area contributed by atoms with E-state index >= 15 is 0 Å². The number of anilines is 2. The van der Waals surface area contributed by atoms with Crippen molar-refractivity contribution in [3.8, 4) is 28.3 Å². The molecule has 11 nitrogen and oxygen atoms in total. The van der Waals surface area contributed by atoms with Crippen LogP contribution in [0.2, 0.25) is 0 Å². The number of carbonyl (C=O) groups is 2. The predicted octanol–water partition coefficient (Wildman–Crippen LogP) is 4.75. The number of aromatic hydroxyl groups is 1. The molecule has 0 aliphatic rings. The summed E-state index contributed by atoms with van der Waals surface area (Å²) in [6.45, 7) is 5.71. The maximum absolute atomic E-state index is 12.0. The summed E-state index contributed by atoms with van der Waals surface area (Å²) in [6.07, 6.45) is 1.03. The average molecular weight is 603 g/mol. The number of nitrogens with zero attached hydrogens (tertiary/aromatic N) is 2. The lowest BCUT2D eigenvalue weighted by Crippen LogP contribution is -2.20. The highest BCUT2D eigenvalue weighted by molar-refractivity contribution is 5.92. The van der Waals surface area contributed by atoms with Gasteiger partial charge in [0.25, 0.3) is 11.1 Å². The van der Waals surface area contributed by atoms with Crippen LogP contribution in [0.4, 0.5) is 11.4 Å². The highest BCUT2D eigenvalue weighted by Crippen LogP contribution is 2.35. The van der Waals surface area contributed by atoms with Crippen molar-refractivity contribution in [3.63, 3.8) is 0 Å². The molecule has 11 heteroatoms. The Hall–Kier alpha value is -5.32. The van der Waals surface area contributed by atoms with E-state index in [1.807, 2.05) is 94.3 Å². The molecule has 0 saturated carbocycles. The van der Waals surface area contributed by atoms with E-state index in [9.17, 15) is 24.3 Å². The number of hydrogen-bond acceptors (Lipinski definition) is 7. The van der Waals surface area contributed by atoms with Crippen molar-refractivity contribution >= 4 is 23.3 Å². The normalized spacial score (nSPS) is 10.5. The van der Waals surface area contributed by atoms with Gasteiger partial charge < -0.3 is 35.1 Å². The molecule has 0 spiro atoms. The molecule has 4 aromatic rings. The number of aromatic amines is 2. The standard InChI is InChI=1S/C17H20N2O3.C16H18N2O4/c1-5-11-9-14(17(21)22)16(20)18-15(11)13-7-6-12(19(3)4)8-10(13)2;1-4-9-13(10-7-5-6-8-11(10)18(2)3)17-15(20)12(14(9)19)16(21)22/h6-9H,5H2,1-4H3,(H,18,20)(H,21,22);5-8H,4H2,1-3H3,(H,21,22)(H2,17,19,20). The van der Waals surface area contributed by atoms with Gasteiger partial charge in [-0.2, -0.15) is 0 Å². The highest BCUT2D eigenvalue weighted by atomic mass is 16.4. The van der Waals surface area contributed by atoms with Crippen molar-refractivity contribution in [1.82, 2.24) is 9.97 Å². The molecule has 232 valence electrons. The van der Waals surface area contributed by atoms with Crippen molar-refractivity contribution in [3.05, 3.63) is 97.1 Å². The summed E-state index contributed by atoms with van der Waals surface area (Å²) in [5.41, 5.74) is 4.74. The second-order valence-electron chi connectivity index (χ2n) is 10.6. The Morgan fingerprint density at radius 1 is 0.773 bits per heavy atom. The van der Waals surface area contributed by atoms with Crippen LogP contribution < -0.4 is 20.9 Å². The molecule has 0 saturated heterocycles. The topological polar surface area (TPSA) is 167 Å². The Kier molecular flexibility index (Phi) is 10.4. The van der Waals surface area contributed by atoms with Crippen LogP contribution in [-0.2, 0) is 12.8 Å². The van der Waals surface area contributed by atoms with E-state index in [0.29, 0.717) is 29.8 Å². The lowest BCUT2D eigenvalue weighted by molar-refractivity contribution is 0.0682. The van der Waals surface area contributed by atoms with Gasteiger partial charge in [0.2, 0.25) is 0 Å². The van der Waals surface area contributed by atoms with Gasteiger partial charge in [0.15, 0.2) is 5.56 Å². The fourth-order valence-corrected chi connectivity index (χ4v) is 4.93. The van der Waals surface area contributed by atoms with Gasteiger partial charge in [-0.05, 0) is 55.2 Å². The third-order valence-corrected chi connectivity index (χ3v) is 7.24. The average Bonchev–Trinajstić information content (AvgIpc) is 2.96. The summed E-state index contributed by atoms with van der Waals surface area (Å²) in [5.74, 6) is -3.12. The second kappa shape index (κ2) is 13.8. The number of rotatable bonds is 8. The van der Waals surface area contributed by atoms with E-state index < -0.39 is 34.4 Å². The third-order valence-electron chi connectivity index (χ3n) is 7.24. The molecule has 2 aromatic heterocycles. The summed E-state index contributed by atoms with van der Waals surface area (Å²) in [6, 6.07) is 14.8. The quantitative estimate of drug-likeness (QED) is 0.191. The molecule has 44 heavy (non-hydrogen) atoms. The van der Waals surface area contributed by atoms with Crippen LogP contribution in [0.5, 0.6) is 5.75 Å². The van der Waals surface area contributed by atoms with Crippen LogP contribution >= 0.6 is 0 Å². The zero-order valence-corrected chi connectivity index (χ0v) is 25.9. The van der Waals surface area contributed by atoms with E-state index in [-0.39, 0.29) is 5.56 Å². The summed E-state index contributed by atoms with van der Waals surface area (Å²) in [5, 5.41) is 28.4. The number of pyridine rings is 2. The minimum atomic E-state index is -1.44. The molecular formula is C33H38N4O7. The van der Waals surface area contributed by atoms with Gasteiger partial charge in [-0.25, -0.2) is 9.59 Å². The Balaban J connectivity index is 0.000000240. The summed E-state index contributed by atoms with van der Waals surface area (Å²) >= 11 is 0. The van der Waals surface area contributed by atoms with Gasteiger partial charge in [0.1, 0.15) is 11.3 Å². The first kappa shape index (κ1) is 33.2. The molecule has 0 amide bonds. The molecule has 0 aliphatic heterocycles. The number of carboxylic acid groups (broad SMARTS) is 2. The van der Waals surface area contributed by atoms with Crippen molar-refractivity contribution in [2.75, 3.05) is 38.0 Å². The first-order chi connectivity index (χ1) is 20.7. The molecule has 0 aliphatic carbocycles. The van der Waals surface area contributed by atoms with E-state index in [1.54, 1.807) is 6.92 Å². The molecule has 0 atom stereocenters. The zero-order chi connectivity index (χ0) is 32.9. The first-order valence-corrected chi connectivity index (χ1v) is 14.0. The molecule has 0 radical (unpaired) electrons. The monoisotopic (exact) mass is 602 g/mol. The maximum Gasteiger partial charge on any atom is 0.345 e. The van der Waals surface area contributed by atoms with Crippen LogP contribution in [0.3, 0.4) is 0 Å².